The van der Waals surface area contributed by atoms with E-state index in [1.54, 1.807) is 4.57 Å². The molecule has 1 N–H and O–H groups in total. The molecule has 3 aromatic rings. The highest BCUT2D eigenvalue weighted by molar-refractivity contribution is 7.99. The van der Waals surface area contributed by atoms with Gasteiger partial charge in [-0.3, -0.25) is 9.36 Å². The zero-order chi connectivity index (χ0) is 21.0. The molecule has 4 nitrogen and oxygen atoms in total. The number of hydrogen-bond acceptors (Lipinski definition) is 5. The van der Waals surface area contributed by atoms with E-state index in [0.29, 0.717) is 21.8 Å². The van der Waals surface area contributed by atoms with Crippen LogP contribution < -0.4 is 5.56 Å². The van der Waals surface area contributed by atoms with Crippen molar-refractivity contribution in [1.29, 1.82) is 0 Å². The Bertz CT molecular complexity index is 1060. The Balaban J connectivity index is 1.72. The normalized spacial score (nSPS) is 16.1. The van der Waals surface area contributed by atoms with Crippen molar-refractivity contribution in [3.8, 4) is 5.69 Å². The first-order chi connectivity index (χ1) is 14.6. The largest absolute Gasteiger partial charge is 0.389 e. The number of aryl methyl sites for hydroxylation is 1. The Morgan fingerprint density at radius 1 is 1.13 bits per heavy atom. The van der Waals surface area contributed by atoms with E-state index >= 15 is 0 Å². The fourth-order valence-electron chi connectivity index (χ4n) is 3.72. The lowest BCUT2D eigenvalue weighted by Gasteiger charge is -2.31. The lowest BCUT2D eigenvalue weighted by atomic mass is 10.00. The van der Waals surface area contributed by atoms with Crippen LogP contribution in [0.2, 0.25) is 0 Å². The van der Waals surface area contributed by atoms with Gasteiger partial charge in [-0.1, -0.05) is 49.4 Å². The van der Waals surface area contributed by atoms with Gasteiger partial charge in [0.2, 0.25) is 0 Å². The molecule has 1 fully saturated rings. The van der Waals surface area contributed by atoms with E-state index in [1.807, 2.05) is 48.2 Å². The molecule has 1 aliphatic rings. The second kappa shape index (κ2) is 9.58. The van der Waals surface area contributed by atoms with Gasteiger partial charge in [0.05, 0.1) is 22.2 Å². The van der Waals surface area contributed by atoms with Crippen LogP contribution in [0.15, 0.2) is 58.5 Å². The number of thioether (sulfide) groups is 2. The van der Waals surface area contributed by atoms with Crippen molar-refractivity contribution in [2.24, 2.45) is 0 Å². The average Bonchev–Trinajstić information content (AvgIpc) is 2.77. The van der Waals surface area contributed by atoms with E-state index < -0.39 is 5.60 Å². The van der Waals surface area contributed by atoms with E-state index in [4.69, 9.17) is 4.98 Å². The number of fused-ring (bicyclic) bond motifs is 1. The van der Waals surface area contributed by atoms with Gasteiger partial charge in [-0.2, -0.15) is 11.8 Å². The number of para-hydroxylation sites is 1. The molecule has 0 radical (unpaired) electrons. The summed E-state index contributed by atoms with van der Waals surface area (Å²) in [5, 5.41) is 12.2. The monoisotopic (exact) mass is 440 g/mol. The minimum absolute atomic E-state index is 0.0596. The van der Waals surface area contributed by atoms with Crippen molar-refractivity contribution in [3.05, 3.63) is 64.4 Å². The van der Waals surface area contributed by atoms with Crippen LogP contribution in [0.25, 0.3) is 16.6 Å². The predicted molar refractivity (Wildman–Crippen MR) is 128 cm³/mol. The van der Waals surface area contributed by atoms with Crippen molar-refractivity contribution in [1.82, 2.24) is 9.55 Å². The molecule has 1 aromatic heterocycles. The molecule has 0 atom stereocenters. The number of benzene rings is 2. The molecule has 0 aliphatic carbocycles. The van der Waals surface area contributed by atoms with Gasteiger partial charge < -0.3 is 5.11 Å². The Labute approximate surface area is 186 Å². The fraction of sp³-hybridized carbons (Fsp3) is 0.417. The minimum atomic E-state index is -0.686. The third-order valence-electron chi connectivity index (χ3n) is 5.65. The second-order valence-corrected chi connectivity index (χ2v) is 10.1. The van der Waals surface area contributed by atoms with Crippen molar-refractivity contribution in [3.63, 3.8) is 0 Å². The summed E-state index contributed by atoms with van der Waals surface area (Å²) < 4.78 is 1.71. The summed E-state index contributed by atoms with van der Waals surface area (Å²) in [6.07, 6.45) is 4.95. The van der Waals surface area contributed by atoms with Crippen LogP contribution >= 0.6 is 23.5 Å². The molecule has 6 heteroatoms. The summed E-state index contributed by atoms with van der Waals surface area (Å²) in [5.74, 6) is 2.51. The molecule has 0 amide bonds. The summed E-state index contributed by atoms with van der Waals surface area (Å²) >= 11 is 3.38. The Kier molecular flexibility index (Phi) is 6.86. The maximum Gasteiger partial charge on any atom is 0.266 e. The quantitative estimate of drug-likeness (QED) is 0.410. The number of aromatic nitrogens is 2. The molecule has 0 saturated carbocycles. The standard InChI is InChI=1S/C24H28N2O2S2/c1-2-3-6-18-9-11-19(12-10-18)26-22(27)20-7-4-5-8-21(20)25-23(26)30-17-24(28)13-15-29-16-14-24/h4-5,7-12,28H,2-3,6,13-17H2,1H3. The minimum Gasteiger partial charge on any atom is -0.389 e. The lowest BCUT2D eigenvalue weighted by molar-refractivity contribution is 0.0568. The van der Waals surface area contributed by atoms with Gasteiger partial charge in [0, 0.05) is 5.75 Å². The maximum absolute atomic E-state index is 13.4. The first kappa shape index (κ1) is 21.5. The van der Waals surface area contributed by atoms with Gasteiger partial charge >= 0.3 is 0 Å². The van der Waals surface area contributed by atoms with Crippen LogP contribution in [0, 0.1) is 0 Å². The van der Waals surface area contributed by atoms with Crippen LogP contribution in [-0.2, 0) is 6.42 Å². The van der Waals surface area contributed by atoms with Gasteiger partial charge in [0.25, 0.3) is 5.56 Å². The van der Waals surface area contributed by atoms with Gasteiger partial charge in [0.15, 0.2) is 5.16 Å². The fourth-order valence-corrected chi connectivity index (χ4v) is 6.14. The van der Waals surface area contributed by atoms with Gasteiger partial charge in [-0.15, -0.1) is 0 Å². The lowest BCUT2D eigenvalue weighted by Crippen LogP contribution is -2.36. The number of nitrogens with zero attached hydrogens (tertiary/aromatic N) is 2. The maximum atomic E-state index is 13.4. The number of unbranched alkanes of at least 4 members (excludes halogenated alkanes) is 1. The Morgan fingerprint density at radius 3 is 2.60 bits per heavy atom. The molecule has 0 unspecified atom stereocenters. The van der Waals surface area contributed by atoms with Gasteiger partial charge in [-0.25, -0.2) is 4.98 Å². The molecule has 2 aromatic carbocycles. The molecule has 0 bridgehead atoms. The van der Waals surface area contributed by atoms with Gasteiger partial charge in [-0.05, 0) is 67.0 Å². The Hall–Kier alpha value is -1.76. The van der Waals surface area contributed by atoms with E-state index in [-0.39, 0.29) is 5.56 Å². The smallest absolute Gasteiger partial charge is 0.266 e. The topological polar surface area (TPSA) is 55.1 Å². The Morgan fingerprint density at radius 2 is 1.87 bits per heavy atom. The molecule has 158 valence electrons. The summed E-state index contributed by atoms with van der Waals surface area (Å²) in [5.41, 5.74) is 2.06. The van der Waals surface area contributed by atoms with Crippen LogP contribution in [0.4, 0.5) is 0 Å². The second-order valence-electron chi connectivity index (χ2n) is 7.95. The molecule has 30 heavy (non-hydrogen) atoms. The van der Waals surface area contributed by atoms with Crippen LogP contribution in [-0.4, -0.2) is 37.5 Å². The summed E-state index contributed by atoms with van der Waals surface area (Å²) in [7, 11) is 0. The number of hydrogen-bond donors (Lipinski definition) is 1. The summed E-state index contributed by atoms with van der Waals surface area (Å²) in [6.45, 7) is 2.19. The van der Waals surface area contributed by atoms with Gasteiger partial charge in [0.1, 0.15) is 0 Å². The van der Waals surface area contributed by atoms with E-state index in [2.05, 4.69) is 19.1 Å². The van der Waals surface area contributed by atoms with Crippen molar-refractivity contribution < 1.29 is 5.11 Å². The molecule has 4 rings (SSSR count). The molecule has 1 saturated heterocycles. The zero-order valence-corrected chi connectivity index (χ0v) is 19.0. The van der Waals surface area contributed by atoms with Crippen molar-refractivity contribution in [2.75, 3.05) is 17.3 Å². The highest BCUT2D eigenvalue weighted by Gasteiger charge is 2.30. The van der Waals surface area contributed by atoms with Crippen LogP contribution in [0.1, 0.15) is 38.2 Å². The van der Waals surface area contributed by atoms with Crippen LogP contribution in [0.5, 0.6) is 0 Å². The van der Waals surface area contributed by atoms with E-state index in [9.17, 15) is 9.90 Å². The zero-order valence-electron chi connectivity index (χ0n) is 17.3. The van der Waals surface area contributed by atoms with Crippen molar-refractivity contribution >= 4 is 34.4 Å². The molecular weight excluding hydrogens is 412 g/mol. The first-order valence-corrected chi connectivity index (χ1v) is 12.8. The SMILES string of the molecule is CCCCc1ccc(-n2c(SCC3(O)CCSCC3)nc3ccccc3c2=O)cc1. The highest BCUT2D eigenvalue weighted by atomic mass is 32.2. The number of aliphatic hydroxyl groups is 1. The predicted octanol–water partition coefficient (Wildman–Crippen LogP) is 5.08. The summed E-state index contributed by atoms with van der Waals surface area (Å²) in [6, 6.07) is 15.7. The van der Waals surface area contributed by atoms with Crippen LogP contribution in [0.3, 0.4) is 0 Å². The molecular formula is C24H28N2O2S2. The first-order valence-electron chi connectivity index (χ1n) is 10.6. The third kappa shape index (κ3) is 4.76. The molecule has 2 heterocycles. The highest BCUT2D eigenvalue weighted by Crippen LogP contribution is 2.33. The molecule has 0 spiro atoms. The summed E-state index contributed by atoms with van der Waals surface area (Å²) in [4.78, 5) is 18.2. The average molecular weight is 441 g/mol. The third-order valence-corrected chi connectivity index (χ3v) is 7.85. The van der Waals surface area contributed by atoms with E-state index in [0.717, 1.165) is 49.3 Å². The molecule has 1 aliphatic heterocycles. The van der Waals surface area contributed by atoms with E-state index in [1.165, 1.54) is 17.3 Å². The number of rotatable bonds is 7. The van der Waals surface area contributed by atoms with Crippen molar-refractivity contribution in [2.45, 2.75) is 49.8 Å².